The van der Waals surface area contributed by atoms with E-state index in [1.54, 1.807) is 0 Å². The zero-order valence-corrected chi connectivity index (χ0v) is 13.9. The number of nitrogens with two attached hydrogens (primary N) is 1. The Balaban J connectivity index is 2.92. The lowest BCUT2D eigenvalue weighted by Crippen LogP contribution is -2.42. The van der Waals surface area contributed by atoms with Crippen molar-refractivity contribution in [3.8, 4) is 0 Å². The van der Waals surface area contributed by atoms with Gasteiger partial charge >= 0.3 is 0 Å². The summed E-state index contributed by atoms with van der Waals surface area (Å²) in [5, 5.41) is 0. The Bertz CT molecular complexity index is 421. The highest BCUT2D eigenvalue weighted by Crippen LogP contribution is 2.16. The maximum absolute atomic E-state index is 12.8. The van der Waals surface area contributed by atoms with E-state index in [0.717, 1.165) is 31.4 Å². The van der Waals surface area contributed by atoms with Gasteiger partial charge < -0.3 is 10.6 Å². The Labute approximate surface area is 129 Å². The Kier molecular flexibility index (Phi) is 7.44. The number of amides is 1. The molecule has 0 heterocycles. The maximum Gasteiger partial charge on any atom is 0.254 e. The zero-order valence-electron chi connectivity index (χ0n) is 13.9. The fourth-order valence-electron chi connectivity index (χ4n) is 2.67. The molecule has 1 rings (SSSR count). The average molecular weight is 290 g/mol. The lowest BCUT2D eigenvalue weighted by molar-refractivity contribution is 0.0640. The van der Waals surface area contributed by atoms with Crippen molar-refractivity contribution in [2.24, 2.45) is 11.7 Å². The number of carbonyl (C=O) groups excluding carboxylic acids is 1. The fourth-order valence-corrected chi connectivity index (χ4v) is 2.67. The molecule has 0 spiro atoms. The van der Waals surface area contributed by atoms with Crippen LogP contribution in [0, 0.1) is 5.92 Å². The van der Waals surface area contributed by atoms with Crippen LogP contribution < -0.4 is 5.73 Å². The Morgan fingerprint density at radius 3 is 2.14 bits per heavy atom. The molecule has 0 unspecified atom stereocenters. The standard InChI is InChI=1S/C18H30N2O/c1-5-17(6-2)20(13-14(3)4)18(21)16-9-7-15(8-10-16)11-12-19/h7-10,14,17H,5-6,11-13,19H2,1-4H3. The van der Waals surface area contributed by atoms with E-state index in [1.165, 1.54) is 5.56 Å². The number of hydrogen-bond donors (Lipinski definition) is 1. The molecular weight excluding hydrogens is 260 g/mol. The Morgan fingerprint density at radius 1 is 1.14 bits per heavy atom. The quantitative estimate of drug-likeness (QED) is 0.797. The summed E-state index contributed by atoms with van der Waals surface area (Å²) in [6.07, 6.45) is 2.86. The third kappa shape index (κ3) is 5.16. The molecule has 3 nitrogen and oxygen atoms in total. The highest BCUT2D eigenvalue weighted by atomic mass is 16.2. The molecule has 0 bridgehead atoms. The van der Waals surface area contributed by atoms with Gasteiger partial charge in [0.2, 0.25) is 0 Å². The van der Waals surface area contributed by atoms with Crippen molar-refractivity contribution in [3.05, 3.63) is 35.4 Å². The van der Waals surface area contributed by atoms with Crippen molar-refractivity contribution in [1.82, 2.24) is 4.90 Å². The fraction of sp³-hybridized carbons (Fsp3) is 0.611. The molecule has 2 N–H and O–H groups in total. The molecule has 1 aromatic rings. The van der Waals surface area contributed by atoms with Gasteiger partial charge in [-0.05, 0) is 49.4 Å². The number of benzene rings is 1. The van der Waals surface area contributed by atoms with Crippen molar-refractivity contribution < 1.29 is 4.79 Å². The lowest BCUT2D eigenvalue weighted by atomic mass is 10.0. The average Bonchev–Trinajstić information content (AvgIpc) is 2.47. The predicted octanol–water partition coefficient (Wildman–Crippen LogP) is 3.47. The van der Waals surface area contributed by atoms with Gasteiger partial charge in [0, 0.05) is 18.2 Å². The molecule has 0 aliphatic heterocycles. The van der Waals surface area contributed by atoms with Crippen molar-refractivity contribution in [2.45, 2.75) is 53.0 Å². The number of rotatable bonds is 8. The van der Waals surface area contributed by atoms with Crippen LogP contribution in [-0.2, 0) is 6.42 Å². The molecule has 0 aliphatic carbocycles. The molecule has 118 valence electrons. The van der Waals surface area contributed by atoms with Gasteiger partial charge in [0.05, 0.1) is 0 Å². The van der Waals surface area contributed by atoms with Crippen molar-refractivity contribution in [3.63, 3.8) is 0 Å². The smallest absolute Gasteiger partial charge is 0.254 e. The number of nitrogens with zero attached hydrogens (tertiary/aromatic N) is 1. The first kappa shape index (κ1) is 17.7. The first-order valence-electron chi connectivity index (χ1n) is 8.13. The third-order valence-corrected chi connectivity index (χ3v) is 3.84. The molecular formula is C18H30N2O. The van der Waals surface area contributed by atoms with Gasteiger partial charge in [-0.25, -0.2) is 0 Å². The van der Waals surface area contributed by atoms with Crippen LogP contribution in [0.4, 0.5) is 0 Å². The second-order valence-electron chi connectivity index (χ2n) is 6.06. The summed E-state index contributed by atoms with van der Waals surface area (Å²) in [6.45, 7) is 10.1. The van der Waals surface area contributed by atoms with E-state index in [1.807, 2.05) is 29.2 Å². The van der Waals surface area contributed by atoms with Crippen LogP contribution in [0.3, 0.4) is 0 Å². The highest BCUT2D eigenvalue weighted by molar-refractivity contribution is 5.94. The van der Waals surface area contributed by atoms with Crippen LogP contribution in [0.1, 0.15) is 56.5 Å². The molecule has 1 aromatic carbocycles. The zero-order chi connectivity index (χ0) is 15.8. The predicted molar refractivity (Wildman–Crippen MR) is 89.4 cm³/mol. The van der Waals surface area contributed by atoms with Crippen LogP contribution in [-0.4, -0.2) is 29.9 Å². The molecule has 21 heavy (non-hydrogen) atoms. The van der Waals surface area contributed by atoms with E-state index in [4.69, 9.17) is 5.73 Å². The van der Waals surface area contributed by atoms with Gasteiger partial charge in [0.15, 0.2) is 0 Å². The van der Waals surface area contributed by atoms with Gasteiger partial charge in [-0.3, -0.25) is 4.79 Å². The van der Waals surface area contributed by atoms with Gasteiger partial charge in [0.1, 0.15) is 0 Å². The van der Waals surface area contributed by atoms with Crippen LogP contribution >= 0.6 is 0 Å². The summed E-state index contributed by atoms with van der Waals surface area (Å²) in [4.78, 5) is 14.9. The summed E-state index contributed by atoms with van der Waals surface area (Å²) >= 11 is 0. The number of carbonyl (C=O) groups is 1. The molecule has 0 aromatic heterocycles. The Morgan fingerprint density at radius 2 is 1.71 bits per heavy atom. The van der Waals surface area contributed by atoms with E-state index < -0.39 is 0 Å². The topological polar surface area (TPSA) is 46.3 Å². The summed E-state index contributed by atoms with van der Waals surface area (Å²) in [5.41, 5.74) is 7.53. The van der Waals surface area contributed by atoms with Crippen molar-refractivity contribution in [2.75, 3.05) is 13.1 Å². The summed E-state index contributed by atoms with van der Waals surface area (Å²) in [5.74, 6) is 0.628. The highest BCUT2D eigenvalue weighted by Gasteiger charge is 2.23. The van der Waals surface area contributed by atoms with Crippen molar-refractivity contribution >= 4 is 5.91 Å². The molecule has 0 fully saturated rings. The van der Waals surface area contributed by atoms with Crippen LogP contribution in [0.5, 0.6) is 0 Å². The molecule has 1 amide bonds. The van der Waals surface area contributed by atoms with E-state index in [-0.39, 0.29) is 5.91 Å². The largest absolute Gasteiger partial charge is 0.335 e. The Hall–Kier alpha value is -1.35. The van der Waals surface area contributed by atoms with E-state index >= 15 is 0 Å². The number of hydrogen-bond acceptors (Lipinski definition) is 2. The summed E-state index contributed by atoms with van der Waals surface area (Å²) in [7, 11) is 0. The van der Waals surface area contributed by atoms with Crippen LogP contribution in [0.2, 0.25) is 0 Å². The molecule has 0 aliphatic rings. The second-order valence-corrected chi connectivity index (χ2v) is 6.06. The minimum absolute atomic E-state index is 0.150. The summed E-state index contributed by atoms with van der Waals surface area (Å²) in [6, 6.07) is 8.22. The van der Waals surface area contributed by atoms with E-state index in [0.29, 0.717) is 18.5 Å². The molecule has 0 saturated carbocycles. The molecule has 0 radical (unpaired) electrons. The lowest BCUT2D eigenvalue weighted by Gasteiger charge is -2.32. The van der Waals surface area contributed by atoms with Crippen molar-refractivity contribution in [1.29, 1.82) is 0 Å². The summed E-state index contributed by atoms with van der Waals surface area (Å²) < 4.78 is 0. The second kappa shape index (κ2) is 8.83. The van der Waals surface area contributed by atoms with Gasteiger partial charge in [-0.1, -0.05) is 39.8 Å². The molecule has 0 saturated heterocycles. The van der Waals surface area contributed by atoms with Gasteiger partial charge in [-0.15, -0.1) is 0 Å². The SMILES string of the molecule is CCC(CC)N(CC(C)C)C(=O)c1ccc(CCN)cc1. The van der Waals surface area contributed by atoms with Gasteiger partial charge in [-0.2, -0.15) is 0 Å². The monoisotopic (exact) mass is 290 g/mol. The van der Waals surface area contributed by atoms with Gasteiger partial charge in [0.25, 0.3) is 5.91 Å². The third-order valence-electron chi connectivity index (χ3n) is 3.84. The first-order valence-corrected chi connectivity index (χ1v) is 8.13. The molecule has 3 heteroatoms. The molecule has 0 atom stereocenters. The van der Waals surface area contributed by atoms with Crippen LogP contribution in [0.15, 0.2) is 24.3 Å². The minimum Gasteiger partial charge on any atom is -0.335 e. The van der Waals surface area contributed by atoms with E-state index in [2.05, 4.69) is 27.7 Å². The maximum atomic E-state index is 12.8. The normalized spacial score (nSPS) is 11.2. The first-order chi connectivity index (χ1) is 10.0. The van der Waals surface area contributed by atoms with E-state index in [9.17, 15) is 4.79 Å². The van der Waals surface area contributed by atoms with Crippen LogP contribution in [0.25, 0.3) is 0 Å². The minimum atomic E-state index is 0.150.